The second kappa shape index (κ2) is 6.11. The minimum absolute atomic E-state index is 0.147. The standard InChI is InChI=1S/C12H22N4O3S/c1-10(2)15-8-11(7-13-15)14-20(18,19)16-6-4-3-5-12(16)9-17/h7-8,10,12,14,17H,3-6,9H2,1-2H3. The minimum atomic E-state index is -3.64. The zero-order chi connectivity index (χ0) is 14.8. The lowest BCUT2D eigenvalue weighted by molar-refractivity contribution is 0.156. The Kier molecular flexibility index (Phi) is 4.66. The van der Waals surface area contributed by atoms with E-state index in [4.69, 9.17) is 0 Å². The molecule has 0 aliphatic carbocycles. The SMILES string of the molecule is CC(C)n1cc(NS(=O)(=O)N2CCCCC2CO)cn1. The van der Waals surface area contributed by atoms with E-state index in [1.54, 1.807) is 10.9 Å². The molecule has 1 saturated heterocycles. The Labute approximate surface area is 119 Å². The molecular weight excluding hydrogens is 280 g/mol. The van der Waals surface area contributed by atoms with Crippen molar-refractivity contribution < 1.29 is 13.5 Å². The number of aromatic nitrogens is 2. The summed E-state index contributed by atoms with van der Waals surface area (Å²) in [5, 5.41) is 13.4. The number of aliphatic hydroxyl groups excluding tert-OH is 1. The van der Waals surface area contributed by atoms with Gasteiger partial charge in [-0.2, -0.15) is 17.8 Å². The first-order chi connectivity index (χ1) is 9.44. The topological polar surface area (TPSA) is 87.5 Å². The van der Waals surface area contributed by atoms with Crippen LogP contribution in [0.3, 0.4) is 0 Å². The second-order valence-corrected chi connectivity index (χ2v) is 6.98. The fraction of sp³-hybridized carbons (Fsp3) is 0.750. The van der Waals surface area contributed by atoms with Crippen molar-refractivity contribution in [3.05, 3.63) is 12.4 Å². The lowest BCUT2D eigenvalue weighted by Gasteiger charge is -2.33. The average molecular weight is 302 g/mol. The number of nitrogens with zero attached hydrogens (tertiary/aromatic N) is 3. The van der Waals surface area contributed by atoms with E-state index in [9.17, 15) is 13.5 Å². The summed E-state index contributed by atoms with van der Waals surface area (Å²) >= 11 is 0. The van der Waals surface area contributed by atoms with E-state index >= 15 is 0 Å². The molecule has 0 aromatic carbocycles. The van der Waals surface area contributed by atoms with Crippen LogP contribution in [0.25, 0.3) is 0 Å². The van der Waals surface area contributed by atoms with Gasteiger partial charge in [0, 0.05) is 24.8 Å². The summed E-state index contributed by atoms with van der Waals surface area (Å²) in [4.78, 5) is 0. The van der Waals surface area contributed by atoms with Crippen LogP contribution >= 0.6 is 0 Å². The molecule has 2 rings (SSSR count). The van der Waals surface area contributed by atoms with Crippen molar-refractivity contribution in [2.45, 2.75) is 45.2 Å². The molecule has 1 atom stereocenters. The van der Waals surface area contributed by atoms with E-state index in [0.717, 1.165) is 12.8 Å². The molecule has 1 unspecified atom stereocenters. The van der Waals surface area contributed by atoms with Crippen LogP contribution in [0.15, 0.2) is 12.4 Å². The number of hydrogen-bond acceptors (Lipinski definition) is 4. The number of piperidine rings is 1. The van der Waals surface area contributed by atoms with Gasteiger partial charge in [-0.05, 0) is 26.7 Å². The molecule has 20 heavy (non-hydrogen) atoms. The van der Waals surface area contributed by atoms with E-state index in [0.29, 0.717) is 18.7 Å². The molecule has 1 aliphatic heterocycles. The van der Waals surface area contributed by atoms with Gasteiger partial charge in [0.2, 0.25) is 0 Å². The third kappa shape index (κ3) is 3.31. The Balaban J connectivity index is 2.13. The number of hydrogen-bond donors (Lipinski definition) is 2. The van der Waals surface area contributed by atoms with E-state index in [1.807, 2.05) is 13.8 Å². The van der Waals surface area contributed by atoms with Crippen LogP contribution in [0.2, 0.25) is 0 Å². The van der Waals surface area contributed by atoms with Gasteiger partial charge in [0.25, 0.3) is 0 Å². The zero-order valence-electron chi connectivity index (χ0n) is 11.9. The lowest BCUT2D eigenvalue weighted by Crippen LogP contribution is -2.47. The van der Waals surface area contributed by atoms with E-state index in [1.165, 1.54) is 10.5 Å². The van der Waals surface area contributed by atoms with Gasteiger partial charge in [-0.25, -0.2) is 0 Å². The van der Waals surface area contributed by atoms with Crippen LogP contribution < -0.4 is 4.72 Å². The Bertz CT molecular complexity index is 541. The Hall–Kier alpha value is -1.12. The number of nitrogens with one attached hydrogen (secondary N) is 1. The predicted molar refractivity (Wildman–Crippen MR) is 76.6 cm³/mol. The van der Waals surface area contributed by atoms with Crippen molar-refractivity contribution in [2.75, 3.05) is 17.9 Å². The van der Waals surface area contributed by atoms with Gasteiger partial charge >= 0.3 is 10.2 Å². The minimum Gasteiger partial charge on any atom is -0.395 e. The first kappa shape index (κ1) is 15.3. The quantitative estimate of drug-likeness (QED) is 0.848. The summed E-state index contributed by atoms with van der Waals surface area (Å²) in [6, 6.07) is -0.158. The van der Waals surface area contributed by atoms with Crippen LogP contribution in [-0.2, 0) is 10.2 Å². The molecule has 1 aromatic heterocycles. The van der Waals surface area contributed by atoms with Crippen LogP contribution in [0.4, 0.5) is 5.69 Å². The molecule has 2 N–H and O–H groups in total. The average Bonchev–Trinajstić information content (AvgIpc) is 2.86. The smallest absolute Gasteiger partial charge is 0.302 e. The van der Waals surface area contributed by atoms with Crippen LogP contribution in [0.1, 0.15) is 39.2 Å². The molecular formula is C12H22N4O3S. The molecule has 1 aromatic rings. The summed E-state index contributed by atoms with van der Waals surface area (Å²) in [5.41, 5.74) is 0.445. The molecule has 0 amide bonds. The zero-order valence-corrected chi connectivity index (χ0v) is 12.7. The molecule has 0 spiro atoms. The molecule has 2 heterocycles. The van der Waals surface area contributed by atoms with E-state index in [2.05, 4.69) is 9.82 Å². The normalized spacial score (nSPS) is 21.3. The molecule has 0 radical (unpaired) electrons. The highest BCUT2D eigenvalue weighted by atomic mass is 32.2. The largest absolute Gasteiger partial charge is 0.395 e. The number of anilines is 1. The molecule has 7 nitrogen and oxygen atoms in total. The van der Waals surface area contributed by atoms with Gasteiger partial charge in [-0.1, -0.05) is 6.42 Å². The van der Waals surface area contributed by atoms with Crippen molar-refractivity contribution in [3.63, 3.8) is 0 Å². The van der Waals surface area contributed by atoms with Crippen LogP contribution in [-0.4, -0.2) is 46.8 Å². The van der Waals surface area contributed by atoms with Gasteiger partial charge in [0.1, 0.15) is 0 Å². The monoisotopic (exact) mass is 302 g/mol. The highest BCUT2D eigenvalue weighted by molar-refractivity contribution is 7.90. The fourth-order valence-corrected chi connectivity index (χ4v) is 3.81. The van der Waals surface area contributed by atoms with Gasteiger partial charge < -0.3 is 5.11 Å². The van der Waals surface area contributed by atoms with Gasteiger partial charge in [0.15, 0.2) is 0 Å². The first-order valence-electron chi connectivity index (χ1n) is 6.88. The summed E-state index contributed by atoms with van der Waals surface area (Å²) in [5.74, 6) is 0. The van der Waals surface area contributed by atoms with E-state index < -0.39 is 10.2 Å². The molecule has 0 saturated carbocycles. The number of rotatable bonds is 5. The Morgan fingerprint density at radius 2 is 2.25 bits per heavy atom. The maximum atomic E-state index is 12.4. The highest BCUT2D eigenvalue weighted by Gasteiger charge is 2.32. The highest BCUT2D eigenvalue weighted by Crippen LogP contribution is 2.22. The first-order valence-corrected chi connectivity index (χ1v) is 8.32. The maximum absolute atomic E-state index is 12.4. The molecule has 1 fully saturated rings. The van der Waals surface area contributed by atoms with Crippen LogP contribution in [0, 0.1) is 0 Å². The Morgan fingerprint density at radius 1 is 1.50 bits per heavy atom. The van der Waals surface area contributed by atoms with Crippen molar-refractivity contribution in [3.8, 4) is 0 Å². The second-order valence-electron chi connectivity index (χ2n) is 5.35. The van der Waals surface area contributed by atoms with Crippen molar-refractivity contribution in [2.24, 2.45) is 0 Å². The molecule has 114 valence electrons. The van der Waals surface area contributed by atoms with E-state index in [-0.39, 0.29) is 18.7 Å². The van der Waals surface area contributed by atoms with Gasteiger partial charge in [-0.15, -0.1) is 0 Å². The maximum Gasteiger partial charge on any atom is 0.302 e. The lowest BCUT2D eigenvalue weighted by atomic mass is 10.1. The fourth-order valence-electron chi connectivity index (χ4n) is 2.35. The van der Waals surface area contributed by atoms with Gasteiger partial charge in [-0.3, -0.25) is 9.40 Å². The summed E-state index contributed by atoms with van der Waals surface area (Å²) in [6.45, 7) is 4.24. The van der Waals surface area contributed by atoms with Crippen LogP contribution in [0.5, 0.6) is 0 Å². The van der Waals surface area contributed by atoms with Crippen molar-refractivity contribution in [1.82, 2.24) is 14.1 Å². The summed E-state index contributed by atoms with van der Waals surface area (Å²) in [7, 11) is -3.64. The summed E-state index contributed by atoms with van der Waals surface area (Å²) < 4.78 is 30.3. The number of aliphatic hydroxyl groups is 1. The Morgan fingerprint density at radius 3 is 2.85 bits per heavy atom. The summed E-state index contributed by atoms with van der Waals surface area (Å²) in [6.07, 6.45) is 5.63. The molecule has 8 heteroatoms. The van der Waals surface area contributed by atoms with Crippen molar-refractivity contribution in [1.29, 1.82) is 0 Å². The molecule has 1 aliphatic rings. The third-order valence-corrected chi connectivity index (χ3v) is 5.06. The van der Waals surface area contributed by atoms with Gasteiger partial charge in [0.05, 0.1) is 18.5 Å². The molecule has 0 bridgehead atoms. The third-order valence-electron chi connectivity index (χ3n) is 3.47. The predicted octanol–water partition coefficient (Wildman–Crippen LogP) is 0.967. The van der Waals surface area contributed by atoms with Crippen molar-refractivity contribution >= 4 is 15.9 Å².